The number of hydrogen-bond donors (Lipinski definition) is 3. The summed E-state index contributed by atoms with van der Waals surface area (Å²) in [7, 11) is 0. The predicted molar refractivity (Wildman–Crippen MR) is 67.4 cm³/mol. The van der Waals surface area contributed by atoms with Gasteiger partial charge in [-0.1, -0.05) is 12.1 Å². The molecule has 1 amide bonds. The van der Waals surface area contributed by atoms with E-state index in [0.29, 0.717) is 5.69 Å². The number of para-hydroxylation sites is 1. The standard InChI is InChI=1S/C13H16N2O3/c14-13(6-3-7-13)8-11(16)15-10-5-2-1-4-9(10)12(17)18/h1-2,4-5H,3,6-8,14H2,(H,15,16)(H,17,18). The number of nitrogens with two attached hydrogens (primary N) is 1. The number of nitrogens with one attached hydrogen (secondary N) is 1. The summed E-state index contributed by atoms with van der Waals surface area (Å²) in [6.45, 7) is 0. The summed E-state index contributed by atoms with van der Waals surface area (Å²) >= 11 is 0. The van der Waals surface area contributed by atoms with Gasteiger partial charge in [0.1, 0.15) is 0 Å². The number of carbonyl (C=O) groups excluding carboxylic acids is 1. The van der Waals surface area contributed by atoms with Gasteiger partial charge in [0.15, 0.2) is 0 Å². The van der Waals surface area contributed by atoms with Crippen molar-refractivity contribution >= 4 is 17.6 Å². The van der Waals surface area contributed by atoms with Crippen LogP contribution in [-0.4, -0.2) is 22.5 Å². The van der Waals surface area contributed by atoms with E-state index in [0.717, 1.165) is 19.3 Å². The highest BCUT2D eigenvalue weighted by atomic mass is 16.4. The van der Waals surface area contributed by atoms with Crippen LogP contribution in [0.2, 0.25) is 0 Å². The molecule has 0 saturated heterocycles. The van der Waals surface area contributed by atoms with Gasteiger partial charge in [-0.15, -0.1) is 0 Å². The van der Waals surface area contributed by atoms with Gasteiger partial charge in [-0.25, -0.2) is 4.79 Å². The Morgan fingerprint density at radius 3 is 2.56 bits per heavy atom. The Morgan fingerprint density at radius 2 is 2.00 bits per heavy atom. The van der Waals surface area contributed by atoms with Crippen molar-refractivity contribution in [2.24, 2.45) is 5.73 Å². The molecule has 18 heavy (non-hydrogen) atoms. The first-order valence-corrected chi connectivity index (χ1v) is 5.91. The van der Waals surface area contributed by atoms with Crippen LogP contribution >= 0.6 is 0 Å². The molecule has 2 rings (SSSR count). The maximum absolute atomic E-state index is 11.8. The molecule has 1 saturated carbocycles. The molecule has 4 N–H and O–H groups in total. The van der Waals surface area contributed by atoms with E-state index in [2.05, 4.69) is 5.32 Å². The lowest BCUT2D eigenvalue weighted by Gasteiger charge is -2.37. The lowest BCUT2D eigenvalue weighted by atomic mass is 9.75. The number of anilines is 1. The average Bonchev–Trinajstić information content (AvgIpc) is 2.27. The zero-order chi connectivity index (χ0) is 13.2. The molecule has 1 aliphatic rings. The van der Waals surface area contributed by atoms with Gasteiger partial charge in [-0.05, 0) is 31.4 Å². The van der Waals surface area contributed by atoms with Gasteiger partial charge in [0.05, 0.1) is 11.3 Å². The molecule has 0 aromatic heterocycles. The van der Waals surface area contributed by atoms with E-state index in [1.54, 1.807) is 18.2 Å². The monoisotopic (exact) mass is 248 g/mol. The molecule has 5 nitrogen and oxygen atoms in total. The van der Waals surface area contributed by atoms with Gasteiger partial charge in [0.25, 0.3) is 0 Å². The first-order chi connectivity index (χ1) is 8.50. The quantitative estimate of drug-likeness (QED) is 0.754. The molecule has 1 aromatic carbocycles. The van der Waals surface area contributed by atoms with Crippen molar-refractivity contribution in [1.82, 2.24) is 0 Å². The molecule has 0 radical (unpaired) electrons. The van der Waals surface area contributed by atoms with E-state index in [4.69, 9.17) is 10.8 Å². The summed E-state index contributed by atoms with van der Waals surface area (Å²) in [5.41, 5.74) is 5.98. The number of benzene rings is 1. The van der Waals surface area contributed by atoms with Crippen LogP contribution in [0.4, 0.5) is 5.69 Å². The lowest BCUT2D eigenvalue weighted by molar-refractivity contribution is -0.118. The van der Waals surface area contributed by atoms with Crippen molar-refractivity contribution in [3.8, 4) is 0 Å². The minimum Gasteiger partial charge on any atom is -0.478 e. The SMILES string of the molecule is NC1(CC(=O)Nc2ccccc2C(=O)O)CCC1. The summed E-state index contributed by atoms with van der Waals surface area (Å²) in [5.74, 6) is -1.29. The number of carboxylic acid groups (broad SMARTS) is 1. The van der Waals surface area contributed by atoms with Crippen LogP contribution in [0.1, 0.15) is 36.0 Å². The van der Waals surface area contributed by atoms with Crippen LogP contribution in [0.3, 0.4) is 0 Å². The van der Waals surface area contributed by atoms with Crippen LogP contribution in [0.5, 0.6) is 0 Å². The zero-order valence-electron chi connectivity index (χ0n) is 9.98. The lowest BCUT2D eigenvalue weighted by Crippen LogP contribution is -2.49. The summed E-state index contributed by atoms with van der Waals surface area (Å²) in [4.78, 5) is 22.8. The van der Waals surface area contributed by atoms with Crippen LogP contribution in [0.15, 0.2) is 24.3 Å². The molecular formula is C13H16N2O3. The number of amides is 1. The van der Waals surface area contributed by atoms with E-state index in [1.165, 1.54) is 6.07 Å². The Morgan fingerprint density at radius 1 is 1.33 bits per heavy atom. The number of aromatic carboxylic acids is 1. The smallest absolute Gasteiger partial charge is 0.337 e. The number of hydrogen-bond acceptors (Lipinski definition) is 3. The van der Waals surface area contributed by atoms with Gasteiger partial charge < -0.3 is 16.2 Å². The number of rotatable bonds is 4. The second kappa shape index (κ2) is 4.78. The fraction of sp³-hybridized carbons (Fsp3) is 0.385. The highest BCUT2D eigenvalue weighted by Crippen LogP contribution is 2.32. The van der Waals surface area contributed by atoms with E-state index in [9.17, 15) is 9.59 Å². The Balaban J connectivity index is 2.05. The van der Waals surface area contributed by atoms with E-state index in [1.807, 2.05) is 0 Å². The third kappa shape index (κ3) is 2.68. The highest BCUT2D eigenvalue weighted by Gasteiger charge is 2.34. The van der Waals surface area contributed by atoms with Crippen LogP contribution in [0.25, 0.3) is 0 Å². The maximum Gasteiger partial charge on any atom is 0.337 e. The van der Waals surface area contributed by atoms with Crippen LogP contribution < -0.4 is 11.1 Å². The van der Waals surface area contributed by atoms with Gasteiger partial charge in [-0.3, -0.25) is 4.79 Å². The largest absolute Gasteiger partial charge is 0.478 e. The van der Waals surface area contributed by atoms with E-state index in [-0.39, 0.29) is 17.9 Å². The van der Waals surface area contributed by atoms with E-state index >= 15 is 0 Å². The third-order valence-corrected chi connectivity index (χ3v) is 3.29. The van der Waals surface area contributed by atoms with Crippen molar-refractivity contribution in [2.75, 3.05) is 5.32 Å². The van der Waals surface area contributed by atoms with Gasteiger partial charge in [0, 0.05) is 12.0 Å². The maximum atomic E-state index is 11.8. The Labute approximate surface area is 105 Å². The average molecular weight is 248 g/mol. The predicted octanol–water partition coefficient (Wildman–Crippen LogP) is 1.59. The Bertz CT molecular complexity index is 481. The molecule has 0 spiro atoms. The Hall–Kier alpha value is -1.88. The number of carboxylic acids is 1. The first-order valence-electron chi connectivity index (χ1n) is 5.91. The normalized spacial score (nSPS) is 16.7. The van der Waals surface area contributed by atoms with E-state index < -0.39 is 11.5 Å². The molecule has 96 valence electrons. The third-order valence-electron chi connectivity index (χ3n) is 3.29. The Kier molecular flexibility index (Phi) is 3.34. The number of carbonyl (C=O) groups is 2. The molecule has 0 heterocycles. The second-order valence-electron chi connectivity index (χ2n) is 4.79. The summed E-state index contributed by atoms with van der Waals surface area (Å²) in [6, 6.07) is 6.34. The fourth-order valence-electron chi connectivity index (χ4n) is 2.10. The van der Waals surface area contributed by atoms with Crippen LogP contribution in [0, 0.1) is 0 Å². The van der Waals surface area contributed by atoms with Crippen molar-refractivity contribution in [3.05, 3.63) is 29.8 Å². The van der Waals surface area contributed by atoms with Crippen LogP contribution in [-0.2, 0) is 4.79 Å². The molecule has 0 bridgehead atoms. The molecule has 1 aromatic rings. The summed E-state index contributed by atoms with van der Waals surface area (Å²) < 4.78 is 0. The summed E-state index contributed by atoms with van der Waals surface area (Å²) in [5, 5.41) is 11.6. The molecule has 1 aliphatic carbocycles. The molecule has 0 atom stereocenters. The molecule has 0 unspecified atom stereocenters. The molecule has 5 heteroatoms. The topological polar surface area (TPSA) is 92.4 Å². The molecule has 1 fully saturated rings. The van der Waals surface area contributed by atoms with Crippen molar-refractivity contribution in [1.29, 1.82) is 0 Å². The minimum atomic E-state index is -1.06. The second-order valence-corrected chi connectivity index (χ2v) is 4.79. The zero-order valence-corrected chi connectivity index (χ0v) is 9.98. The first kappa shape index (κ1) is 12.6. The highest BCUT2D eigenvalue weighted by molar-refractivity contribution is 6.00. The molecular weight excluding hydrogens is 232 g/mol. The van der Waals surface area contributed by atoms with Crippen molar-refractivity contribution in [2.45, 2.75) is 31.2 Å². The van der Waals surface area contributed by atoms with Gasteiger partial charge in [-0.2, -0.15) is 0 Å². The fourth-order valence-corrected chi connectivity index (χ4v) is 2.10. The summed E-state index contributed by atoms with van der Waals surface area (Å²) in [6.07, 6.45) is 2.98. The minimum absolute atomic E-state index is 0.0885. The molecule has 0 aliphatic heterocycles. The van der Waals surface area contributed by atoms with Crippen molar-refractivity contribution in [3.63, 3.8) is 0 Å². The van der Waals surface area contributed by atoms with Crippen molar-refractivity contribution < 1.29 is 14.7 Å². The van der Waals surface area contributed by atoms with Gasteiger partial charge >= 0.3 is 5.97 Å². The van der Waals surface area contributed by atoms with Gasteiger partial charge in [0.2, 0.25) is 5.91 Å².